The number of nitrogens with one attached hydrogen (secondary N) is 4. The monoisotopic (exact) mass is 1050 g/mol. The van der Waals surface area contributed by atoms with Gasteiger partial charge in [-0.1, -0.05) is 31.2 Å². The van der Waals surface area contributed by atoms with Gasteiger partial charge in [0.25, 0.3) is 40.5 Å². The SMILES string of the molecule is CCCN(CC(O)CO)c1nc(NCCS(=O)(=O)O)nc(Nc2ccc(C=Cc3ccc(Nc4nc(NCCS(=O)(=O)O)nc(N(CC(C)O)CC(O)CO)n4)cc3S(=O)(=O)O)c(S(=O)(=O)O)c2)n1. The van der Waals surface area contributed by atoms with Gasteiger partial charge in [0.15, 0.2) is 0 Å². The molecule has 0 aliphatic carbocycles. The molecule has 0 amide bonds. The molecule has 0 aliphatic rings. The van der Waals surface area contributed by atoms with Crippen molar-refractivity contribution in [1.82, 2.24) is 29.9 Å². The second-order valence-electron chi connectivity index (χ2n) is 14.9. The van der Waals surface area contributed by atoms with Crippen molar-refractivity contribution in [3.63, 3.8) is 0 Å². The van der Waals surface area contributed by atoms with Gasteiger partial charge >= 0.3 is 0 Å². The summed E-state index contributed by atoms with van der Waals surface area (Å²) in [5.74, 6) is -2.84. The number of aromatic nitrogens is 6. The van der Waals surface area contributed by atoms with Crippen molar-refractivity contribution < 1.29 is 77.4 Å². The van der Waals surface area contributed by atoms with Gasteiger partial charge in [-0.05, 0) is 48.7 Å². The molecule has 4 rings (SSSR count). The number of aliphatic hydroxyl groups is 5. The number of anilines is 8. The summed E-state index contributed by atoms with van der Waals surface area (Å²) in [6.45, 7) is 0.829. The molecule has 2 aromatic heterocycles. The highest BCUT2D eigenvalue weighted by Gasteiger charge is 2.23. The molecule has 0 bridgehead atoms. The molecule has 2 aromatic carbocycles. The molecule has 13 N–H and O–H groups in total. The molecular formula is C36H52N12O17S4. The Labute approximate surface area is 396 Å². The van der Waals surface area contributed by atoms with Crippen LogP contribution in [0, 0.1) is 0 Å². The Kier molecular flexibility index (Phi) is 19.8. The maximum Gasteiger partial charge on any atom is 0.295 e. The largest absolute Gasteiger partial charge is 0.394 e. The van der Waals surface area contributed by atoms with Crippen LogP contribution in [0.2, 0.25) is 0 Å². The predicted molar refractivity (Wildman–Crippen MR) is 250 cm³/mol. The van der Waals surface area contributed by atoms with Crippen LogP contribution in [0.1, 0.15) is 31.4 Å². The Morgan fingerprint density at radius 2 is 0.971 bits per heavy atom. The van der Waals surface area contributed by atoms with Crippen LogP contribution >= 0.6 is 0 Å². The Morgan fingerprint density at radius 1 is 0.580 bits per heavy atom. The molecular weight excluding hydrogens is 1000 g/mol. The van der Waals surface area contributed by atoms with Crippen LogP contribution in [-0.4, -0.2) is 190 Å². The van der Waals surface area contributed by atoms with Gasteiger partial charge in [0.2, 0.25) is 35.7 Å². The first-order valence-electron chi connectivity index (χ1n) is 20.3. The summed E-state index contributed by atoms with van der Waals surface area (Å²) in [6, 6.07) is 6.94. The Morgan fingerprint density at radius 3 is 1.33 bits per heavy atom. The maximum atomic E-state index is 12.7. The summed E-state index contributed by atoms with van der Waals surface area (Å²) in [7, 11) is -18.9. The molecule has 382 valence electrons. The molecule has 0 saturated carbocycles. The zero-order valence-electron chi connectivity index (χ0n) is 36.6. The fourth-order valence-corrected chi connectivity index (χ4v) is 8.11. The Balaban J connectivity index is 1.72. The topological polar surface area (TPSA) is 451 Å². The first kappa shape index (κ1) is 56.0. The van der Waals surface area contributed by atoms with Gasteiger partial charge in [-0.3, -0.25) is 18.2 Å². The summed E-state index contributed by atoms with van der Waals surface area (Å²) in [4.78, 5) is 26.6. The van der Waals surface area contributed by atoms with E-state index in [1.807, 2.05) is 6.92 Å². The van der Waals surface area contributed by atoms with Crippen LogP contribution in [0.4, 0.5) is 47.1 Å². The minimum absolute atomic E-state index is 0.0378. The third kappa shape index (κ3) is 18.7. The smallest absolute Gasteiger partial charge is 0.295 e. The quantitative estimate of drug-likeness (QED) is 0.0238. The highest BCUT2D eigenvalue weighted by atomic mass is 32.2. The van der Waals surface area contributed by atoms with Crippen LogP contribution < -0.4 is 31.1 Å². The fourth-order valence-electron chi connectivity index (χ4n) is 5.97. The van der Waals surface area contributed by atoms with E-state index >= 15 is 0 Å². The summed E-state index contributed by atoms with van der Waals surface area (Å²) < 4.78 is 135. The van der Waals surface area contributed by atoms with E-state index in [1.165, 1.54) is 41.0 Å². The average molecular weight is 1050 g/mol. The predicted octanol–water partition coefficient (Wildman–Crippen LogP) is -1.08. The summed E-state index contributed by atoms with van der Waals surface area (Å²) >= 11 is 0. The highest BCUT2D eigenvalue weighted by molar-refractivity contribution is 7.86. The van der Waals surface area contributed by atoms with Crippen molar-refractivity contribution >= 4 is 99.7 Å². The number of nitrogens with zero attached hydrogens (tertiary/aromatic N) is 8. The lowest BCUT2D eigenvalue weighted by Gasteiger charge is -2.26. The Bertz CT molecular complexity index is 2880. The van der Waals surface area contributed by atoms with Gasteiger partial charge in [0.05, 0.1) is 43.0 Å². The fraction of sp³-hybridized carbons (Fsp3) is 0.444. The lowest BCUT2D eigenvalue weighted by molar-refractivity contribution is 0.0968. The van der Waals surface area contributed by atoms with E-state index < -0.39 is 99.8 Å². The molecule has 33 heteroatoms. The number of benzene rings is 2. The van der Waals surface area contributed by atoms with Crippen LogP contribution in [0.3, 0.4) is 0 Å². The van der Waals surface area contributed by atoms with Crippen molar-refractivity contribution in [2.24, 2.45) is 0 Å². The summed E-state index contributed by atoms with van der Waals surface area (Å²) in [5, 5.41) is 60.0. The molecule has 3 unspecified atom stereocenters. The lowest BCUT2D eigenvalue weighted by Crippen LogP contribution is -2.40. The van der Waals surface area contributed by atoms with Crippen LogP contribution in [0.15, 0.2) is 46.2 Å². The van der Waals surface area contributed by atoms with Crippen molar-refractivity contribution in [1.29, 1.82) is 0 Å². The van der Waals surface area contributed by atoms with E-state index in [9.17, 15) is 72.9 Å². The van der Waals surface area contributed by atoms with Crippen molar-refractivity contribution in [2.75, 3.05) is 95.1 Å². The molecule has 0 spiro atoms. The molecule has 29 nitrogen and oxygen atoms in total. The van der Waals surface area contributed by atoms with E-state index in [0.29, 0.717) is 6.42 Å². The molecule has 0 radical (unpaired) electrons. The first-order chi connectivity index (χ1) is 32.2. The van der Waals surface area contributed by atoms with Gasteiger partial charge in [0, 0.05) is 50.6 Å². The first-order valence-corrected chi connectivity index (χ1v) is 26.4. The normalized spacial score (nSPS) is 13.7. The molecule has 3 atom stereocenters. The van der Waals surface area contributed by atoms with E-state index in [-0.39, 0.29) is 90.9 Å². The van der Waals surface area contributed by atoms with E-state index in [0.717, 1.165) is 24.3 Å². The summed E-state index contributed by atoms with van der Waals surface area (Å²) in [6.07, 6.45) is -0.836. The summed E-state index contributed by atoms with van der Waals surface area (Å²) in [5.41, 5.74) is -0.509. The van der Waals surface area contributed by atoms with E-state index in [1.54, 1.807) is 0 Å². The highest BCUT2D eigenvalue weighted by Crippen LogP contribution is 2.29. The van der Waals surface area contributed by atoms with Crippen molar-refractivity contribution in [3.8, 4) is 0 Å². The van der Waals surface area contributed by atoms with E-state index in [2.05, 4.69) is 51.2 Å². The van der Waals surface area contributed by atoms with Gasteiger partial charge in [-0.2, -0.15) is 63.6 Å². The average Bonchev–Trinajstić information content (AvgIpc) is 3.23. The lowest BCUT2D eigenvalue weighted by atomic mass is 10.1. The van der Waals surface area contributed by atoms with Crippen LogP contribution in [-0.2, 0) is 40.5 Å². The number of hydrogen-bond donors (Lipinski definition) is 13. The minimum Gasteiger partial charge on any atom is -0.394 e. The third-order valence-corrected chi connectivity index (χ3v) is 12.2. The molecule has 0 aliphatic heterocycles. The number of rotatable bonds is 28. The van der Waals surface area contributed by atoms with Crippen molar-refractivity contribution in [3.05, 3.63) is 47.5 Å². The maximum absolute atomic E-state index is 12.7. The zero-order valence-corrected chi connectivity index (χ0v) is 39.9. The molecule has 2 heterocycles. The zero-order chi connectivity index (χ0) is 51.3. The molecule has 0 fully saturated rings. The van der Waals surface area contributed by atoms with E-state index in [4.69, 9.17) is 4.55 Å². The second-order valence-corrected chi connectivity index (χ2v) is 20.8. The standard InChI is InChI=1S/C36H52N12O17S4/c1-3-12-47(18-27(52)20-49)35-43-31(37-10-13-66(54,55)56)41-33(45-35)39-25-8-6-23(29(15-25)68(60,61)62)4-5-24-7-9-26(16-30(24)69(63,64)65)40-34-42-32(38-11-14-67(57,58)59)44-36(46-34)48(17-22(2)51)19-28(53)21-50/h4-9,15-16,22,27-28,49-53H,3,10-14,17-21H2,1-2H3,(H,54,55,56)(H,57,58,59)(H,60,61,62)(H,63,64,65)(H2,37,39,41,43,45)(H2,38,40,42,44,46). The van der Waals surface area contributed by atoms with Gasteiger partial charge in [-0.25, -0.2) is 0 Å². The molecule has 4 aromatic rings. The van der Waals surface area contributed by atoms with Gasteiger partial charge in [-0.15, -0.1) is 0 Å². The van der Waals surface area contributed by atoms with Crippen LogP contribution in [0.5, 0.6) is 0 Å². The minimum atomic E-state index is -5.06. The Hall–Kier alpha value is -5.56. The third-order valence-electron chi connectivity index (χ3n) is 8.90. The van der Waals surface area contributed by atoms with Gasteiger partial charge < -0.3 is 56.6 Å². The number of hydrogen-bond acceptors (Lipinski definition) is 25. The number of aliphatic hydroxyl groups excluding tert-OH is 5. The van der Waals surface area contributed by atoms with Crippen molar-refractivity contribution in [2.45, 2.75) is 48.4 Å². The van der Waals surface area contributed by atoms with Crippen LogP contribution in [0.25, 0.3) is 12.2 Å². The molecule has 69 heavy (non-hydrogen) atoms. The molecule has 0 saturated heterocycles. The second kappa shape index (κ2) is 24.3. The van der Waals surface area contributed by atoms with Gasteiger partial charge in [0.1, 0.15) is 9.79 Å².